The van der Waals surface area contributed by atoms with Crippen molar-refractivity contribution in [2.75, 3.05) is 14.2 Å². The number of hydrogen-bond donors (Lipinski definition) is 1. The minimum atomic E-state index is -3.81. The van der Waals surface area contributed by atoms with Crippen LogP contribution in [-0.4, -0.2) is 32.8 Å². The number of nitrogens with zero attached hydrogens (tertiary/aromatic N) is 2. The molecule has 1 N–H and O–H groups in total. The molecule has 0 amide bonds. The summed E-state index contributed by atoms with van der Waals surface area (Å²) in [5.41, 5.74) is 2.03. The van der Waals surface area contributed by atoms with Gasteiger partial charge >= 0.3 is 0 Å². The highest BCUT2D eigenvalue weighted by molar-refractivity contribution is 7.89. The number of nitrogens with one attached hydrogen (secondary N) is 1. The lowest BCUT2D eigenvalue weighted by Crippen LogP contribution is -2.23. The van der Waals surface area contributed by atoms with Crippen LogP contribution in [0, 0.1) is 0 Å². The highest BCUT2D eigenvalue weighted by atomic mass is 32.2. The maximum atomic E-state index is 12.6. The molecule has 0 bridgehead atoms. The van der Waals surface area contributed by atoms with Crippen LogP contribution in [0.15, 0.2) is 51.9 Å². The molecule has 3 rings (SSSR count). The zero-order valence-electron chi connectivity index (χ0n) is 17.6. The SMILES string of the molecule is COc1ccc(S(=O)(=O)NCc2nc(-c3ccc(C(C)(C)C)cc3)no2)cc1OC. The Hall–Kier alpha value is -2.91. The second-order valence-electron chi connectivity index (χ2n) is 7.68. The first kappa shape index (κ1) is 21.8. The maximum Gasteiger partial charge on any atom is 0.242 e. The molecule has 0 aliphatic carbocycles. The van der Waals surface area contributed by atoms with Gasteiger partial charge in [0.05, 0.1) is 25.7 Å². The lowest BCUT2D eigenvalue weighted by atomic mass is 9.87. The van der Waals surface area contributed by atoms with Gasteiger partial charge < -0.3 is 14.0 Å². The molecule has 0 unspecified atom stereocenters. The first-order valence-corrected chi connectivity index (χ1v) is 10.8. The van der Waals surface area contributed by atoms with Gasteiger partial charge in [-0.15, -0.1) is 0 Å². The molecule has 0 saturated carbocycles. The number of sulfonamides is 1. The first-order chi connectivity index (χ1) is 14.1. The van der Waals surface area contributed by atoms with Crippen LogP contribution in [0.5, 0.6) is 11.5 Å². The fourth-order valence-electron chi connectivity index (χ4n) is 2.79. The Balaban J connectivity index is 1.72. The molecule has 2 aromatic carbocycles. The van der Waals surface area contributed by atoms with Gasteiger partial charge in [-0.25, -0.2) is 13.1 Å². The minimum Gasteiger partial charge on any atom is -0.493 e. The van der Waals surface area contributed by atoms with E-state index in [-0.39, 0.29) is 22.7 Å². The topological polar surface area (TPSA) is 104 Å². The first-order valence-electron chi connectivity index (χ1n) is 9.29. The van der Waals surface area contributed by atoms with E-state index in [1.807, 2.05) is 24.3 Å². The lowest BCUT2D eigenvalue weighted by molar-refractivity contribution is 0.353. The van der Waals surface area contributed by atoms with Crippen molar-refractivity contribution < 1.29 is 22.4 Å². The van der Waals surface area contributed by atoms with E-state index in [0.717, 1.165) is 5.56 Å². The van der Waals surface area contributed by atoms with Crippen molar-refractivity contribution >= 4 is 10.0 Å². The fourth-order valence-corrected chi connectivity index (χ4v) is 3.78. The van der Waals surface area contributed by atoms with E-state index in [9.17, 15) is 8.42 Å². The molecule has 1 heterocycles. The highest BCUT2D eigenvalue weighted by Gasteiger charge is 2.19. The van der Waals surface area contributed by atoms with Gasteiger partial charge in [0.15, 0.2) is 11.5 Å². The van der Waals surface area contributed by atoms with E-state index in [1.165, 1.54) is 38.0 Å². The number of benzene rings is 2. The van der Waals surface area contributed by atoms with Crippen molar-refractivity contribution in [2.45, 2.75) is 37.6 Å². The number of ether oxygens (including phenoxy) is 2. The van der Waals surface area contributed by atoms with Gasteiger partial charge in [-0.2, -0.15) is 4.98 Å². The molecule has 0 aliphatic heterocycles. The number of aromatic nitrogens is 2. The summed E-state index contributed by atoms with van der Waals surface area (Å²) in [4.78, 5) is 4.32. The Labute approximate surface area is 176 Å². The zero-order valence-corrected chi connectivity index (χ0v) is 18.4. The second kappa shape index (κ2) is 8.45. The van der Waals surface area contributed by atoms with Crippen LogP contribution < -0.4 is 14.2 Å². The monoisotopic (exact) mass is 431 g/mol. The molecular formula is C21H25N3O5S. The summed E-state index contributed by atoms with van der Waals surface area (Å²) in [6.07, 6.45) is 0. The molecule has 0 saturated heterocycles. The molecule has 0 radical (unpaired) electrons. The molecule has 1 aromatic heterocycles. The van der Waals surface area contributed by atoms with Gasteiger partial charge in [0, 0.05) is 11.6 Å². The maximum absolute atomic E-state index is 12.6. The normalized spacial score (nSPS) is 12.0. The van der Waals surface area contributed by atoms with Crippen molar-refractivity contribution in [3.05, 3.63) is 53.9 Å². The molecular weight excluding hydrogens is 406 g/mol. The molecule has 160 valence electrons. The standard InChI is InChI=1S/C21H25N3O5S/c1-21(2,3)15-8-6-14(7-9-15)20-23-19(29-24-20)13-22-30(25,26)16-10-11-17(27-4)18(12-16)28-5/h6-12,22H,13H2,1-5H3. The van der Waals surface area contributed by atoms with E-state index in [2.05, 4.69) is 35.6 Å². The van der Waals surface area contributed by atoms with Crippen molar-refractivity contribution in [1.82, 2.24) is 14.9 Å². The predicted octanol–water partition coefficient (Wildman–Crippen LogP) is 3.53. The summed E-state index contributed by atoms with van der Waals surface area (Å²) in [5.74, 6) is 1.32. The Bertz CT molecular complexity index is 1120. The molecule has 3 aromatic rings. The van der Waals surface area contributed by atoms with E-state index >= 15 is 0 Å². The van der Waals surface area contributed by atoms with Crippen molar-refractivity contribution in [1.29, 1.82) is 0 Å². The Kier molecular flexibility index (Phi) is 6.14. The summed E-state index contributed by atoms with van der Waals surface area (Å²) in [6, 6.07) is 12.2. The van der Waals surface area contributed by atoms with E-state index in [4.69, 9.17) is 14.0 Å². The summed E-state index contributed by atoms with van der Waals surface area (Å²) in [6.45, 7) is 6.28. The lowest BCUT2D eigenvalue weighted by Gasteiger charge is -2.18. The van der Waals surface area contributed by atoms with Crippen LogP contribution in [0.25, 0.3) is 11.4 Å². The Morgan fingerprint density at radius 1 is 1.00 bits per heavy atom. The Morgan fingerprint density at radius 2 is 1.67 bits per heavy atom. The van der Waals surface area contributed by atoms with Crippen LogP contribution in [0.1, 0.15) is 32.2 Å². The molecule has 0 aliphatic rings. The van der Waals surface area contributed by atoms with Crippen LogP contribution >= 0.6 is 0 Å². The fraction of sp³-hybridized carbons (Fsp3) is 0.333. The van der Waals surface area contributed by atoms with Gasteiger partial charge in [0.25, 0.3) is 0 Å². The predicted molar refractivity (Wildman–Crippen MR) is 112 cm³/mol. The third-order valence-electron chi connectivity index (χ3n) is 4.56. The van der Waals surface area contributed by atoms with Crippen molar-refractivity contribution in [3.63, 3.8) is 0 Å². The largest absolute Gasteiger partial charge is 0.493 e. The summed E-state index contributed by atoms with van der Waals surface area (Å²) >= 11 is 0. The smallest absolute Gasteiger partial charge is 0.242 e. The molecule has 0 atom stereocenters. The number of hydrogen-bond acceptors (Lipinski definition) is 7. The van der Waals surface area contributed by atoms with Gasteiger partial charge in [-0.05, 0) is 23.1 Å². The van der Waals surface area contributed by atoms with Gasteiger partial charge in [0.1, 0.15) is 0 Å². The van der Waals surface area contributed by atoms with Crippen LogP contribution in [0.2, 0.25) is 0 Å². The molecule has 8 nitrogen and oxygen atoms in total. The van der Waals surface area contributed by atoms with E-state index in [0.29, 0.717) is 17.3 Å². The van der Waals surface area contributed by atoms with E-state index < -0.39 is 10.0 Å². The molecule has 0 spiro atoms. The van der Waals surface area contributed by atoms with Crippen molar-refractivity contribution in [2.24, 2.45) is 0 Å². The molecule has 0 fully saturated rings. The summed E-state index contributed by atoms with van der Waals surface area (Å²) < 4.78 is 43.1. The summed E-state index contributed by atoms with van der Waals surface area (Å²) in [7, 11) is -0.886. The van der Waals surface area contributed by atoms with Gasteiger partial charge in [-0.1, -0.05) is 50.2 Å². The second-order valence-corrected chi connectivity index (χ2v) is 9.45. The van der Waals surface area contributed by atoms with Crippen LogP contribution in [0.4, 0.5) is 0 Å². The van der Waals surface area contributed by atoms with E-state index in [1.54, 1.807) is 0 Å². The third-order valence-corrected chi connectivity index (χ3v) is 5.95. The number of methoxy groups -OCH3 is 2. The number of rotatable bonds is 7. The van der Waals surface area contributed by atoms with Crippen LogP contribution in [0.3, 0.4) is 0 Å². The van der Waals surface area contributed by atoms with Crippen molar-refractivity contribution in [3.8, 4) is 22.9 Å². The van der Waals surface area contributed by atoms with Gasteiger partial charge in [0.2, 0.25) is 21.7 Å². The van der Waals surface area contributed by atoms with Crippen LogP contribution in [-0.2, 0) is 22.0 Å². The van der Waals surface area contributed by atoms with Gasteiger partial charge in [-0.3, -0.25) is 0 Å². The quantitative estimate of drug-likeness (QED) is 0.610. The zero-order chi connectivity index (χ0) is 21.9. The average Bonchev–Trinajstić information content (AvgIpc) is 3.20. The average molecular weight is 432 g/mol. The highest BCUT2D eigenvalue weighted by Crippen LogP contribution is 2.29. The minimum absolute atomic E-state index is 0.0395. The third kappa shape index (κ3) is 4.80. The Morgan fingerprint density at radius 3 is 2.27 bits per heavy atom. The summed E-state index contributed by atoms with van der Waals surface area (Å²) in [5, 5.41) is 3.94. The molecule has 30 heavy (non-hydrogen) atoms. The molecule has 9 heteroatoms.